The Balaban J connectivity index is 3.30. The van der Waals surface area contributed by atoms with E-state index >= 15 is 0 Å². The number of unbranched alkanes of at least 4 members (excludes halogenated alkanes) is 6. The Bertz CT molecular complexity index is 131. The summed E-state index contributed by atoms with van der Waals surface area (Å²) in [7, 11) is -0.127. The van der Waals surface area contributed by atoms with E-state index in [1.807, 2.05) is 0 Å². The maximum Gasteiger partial charge on any atom is 0.483 e. The molecule has 0 aliphatic heterocycles. The zero-order chi connectivity index (χ0) is 12.8. The quantitative estimate of drug-likeness (QED) is 0.375. The second kappa shape index (κ2) is 14.2. The first-order valence-electron chi connectivity index (χ1n) is 7.11. The van der Waals surface area contributed by atoms with E-state index in [1.165, 1.54) is 38.5 Å². The van der Waals surface area contributed by atoms with E-state index in [-0.39, 0.29) is 0 Å². The highest BCUT2D eigenvalue weighted by atomic mass is 28.3. The minimum Gasteiger partial charge on any atom is -0.379 e. The van der Waals surface area contributed by atoms with Crippen LogP contribution in [0.5, 0.6) is 0 Å². The summed E-state index contributed by atoms with van der Waals surface area (Å²) in [6.07, 6.45) is 9.86. The van der Waals surface area contributed by atoms with Crippen molar-refractivity contribution in [3.63, 3.8) is 0 Å². The fourth-order valence-electron chi connectivity index (χ4n) is 1.60. The molecule has 0 rings (SSSR count). The van der Waals surface area contributed by atoms with Crippen LogP contribution < -0.4 is 0 Å². The zero-order valence-electron chi connectivity index (χ0n) is 11.9. The Hall–Kier alpha value is 0.0969. The molecule has 0 saturated carbocycles. The lowest BCUT2D eigenvalue weighted by molar-refractivity contribution is 0.109. The van der Waals surface area contributed by atoms with Gasteiger partial charge in [0.1, 0.15) is 0 Å². The van der Waals surface area contributed by atoms with Crippen LogP contribution in [-0.2, 0) is 13.3 Å². The van der Waals surface area contributed by atoms with Gasteiger partial charge in [-0.2, -0.15) is 0 Å². The lowest BCUT2D eigenvalue weighted by Crippen LogP contribution is -2.26. The van der Waals surface area contributed by atoms with E-state index in [0.29, 0.717) is 0 Å². The molecule has 0 aromatic carbocycles. The highest BCUT2D eigenvalue weighted by molar-refractivity contribution is 6.36. The third-order valence-corrected chi connectivity index (χ3v) is 4.10. The van der Waals surface area contributed by atoms with Crippen molar-refractivity contribution in [1.29, 1.82) is 0 Å². The predicted octanol–water partition coefficient (Wildman–Crippen LogP) is 3.54. The molecule has 0 aromatic rings. The fraction of sp³-hybridized carbons (Fsp3) is 1.00. The molecule has 0 heterocycles. The third kappa shape index (κ3) is 12.3. The molecule has 0 amide bonds. The van der Waals surface area contributed by atoms with E-state index in [0.717, 1.165) is 26.1 Å². The van der Waals surface area contributed by atoms with E-state index < -0.39 is 9.53 Å². The summed E-state index contributed by atoms with van der Waals surface area (Å²) in [6, 6.07) is 0. The SMILES string of the molecule is CCCCCCO[SiH](OC)OCCCCCC. The molecule has 0 aliphatic rings. The van der Waals surface area contributed by atoms with Crippen molar-refractivity contribution in [3.8, 4) is 0 Å². The second-order valence-electron chi connectivity index (χ2n) is 4.39. The van der Waals surface area contributed by atoms with Crippen LogP contribution in [0.15, 0.2) is 0 Å². The van der Waals surface area contributed by atoms with Gasteiger partial charge in [-0.05, 0) is 12.8 Å². The van der Waals surface area contributed by atoms with Crippen molar-refractivity contribution >= 4 is 9.53 Å². The monoisotopic (exact) mass is 262 g/mol. The van der Waals surface area contributed by atoms with Gasteiger partial charge in [-0.15, -0.1) is 0 Å². The molecule has 0 bridgehead atoms. The van der Waals surface area contributed by atoms with Gasteiger partial charge in [0.2, 0.25) is 0 Å². The van der Waals surface area contributed by atoms with Crippen LogP contribution in [0.4, 0.5) is 0 Å². The summed E-state index contributed by atoms with van der Waals surface area (Å²) < 4.78 is 16.5. The molecule has 4 heteroatoms. The molecule has 17 heavy (non-hydrogen) atoms. The molecule has 0 aliphatic carbocycles. The highest BCUT2D eigenvalue weighted by Crippen LogP contribution is 2.03. The average molecular weight is 262 g/mol. The second-order valence-corrected chi connectivity index (χ2v) is 6.10. The molecule has 0 unspecified atom stereocenters. The predicted molar refractivity (Wildman–Crippen MR) is 74.3 cm³/mol. The maximum absolute atomic E-state index is 5.64. The Morgan fingerprint density at radius 3 is 1.53 bits per heavy atom. The van der Waals surface area contributed by atoms with Crippen LogP contribution in [0.1, 0.15) is 65.2 Å². The Labute approximate surface area is 109 Å². The molecule has 0 atom stereocenters. The Kier molecular flexibility index (Phi) is 14.2. The van der Waals surface area contributed by atoms with Gasteiger partial charge in [-0.1, -0.05) is 52.4 Å². The first-order valence-corrected chi connectivity index (χ1v) is 8.52. The fourth-order valence-corrected chi connectivity index (χ4v) is 2.69. The topological polar surface area (TPSA) is 27.7 Å². The van der Waals surface area contributed by atoms with Crippen LogP contribution >= 0.6 is 0 Å². The van der Waals surface area contributed by atoms with Crippen molar-refractivity contribution < 1.29 is 13.3 Å². The standard InChI is InChI=1S/C13H30O3Si/c1-4-6-8-10-12-15-17(14-3)16-13-11-9-7-5-2/h17H,4-13H2,1-3H3. The Morgan fingerprint density at radius 2 is 1.18 bits per heavy atom. The van der Waals surface area contributed by atoms with Gasteiger partial charge in [0.05, 0.1) is 0 Å². The van der Waals surface area contributed by atoms with Crippen LogP contribution in [0.3, 0.4) is 0 Å². The maximum atomic E-state index is 5.64. The minimum absolute atomic E-state index is 0.791. The molecule has 0 radical (unpaired) electrons. The summed E-state index contributed by atoms with van der Waals surface area (Å²) >= 11 is 0. The molecule has 0 aromatic heterocycles. The highest BCUT2D eigenvalue weighted by Gasteiger charge is 2.12. The van der Waals surface area contributed by atoms with Gasteiger partial charge in [0.25, 0.3) is 0 Å². The summed E-state index contributed by atoms with van der Waals surface area (Å²) in [5, 5.41) is 0. The molecule has 3 nitrogen and oxygen atoms in total. The van der Waals surface area contributed by atoms with Crippen molar-refractivity contribution in [2.24, 2.45) is 0 Å². The van der Waals surface area contributed by atoms with Crippen LogP contribution in [0, 0.1) is 0 Å². The zero-order valence-corrected chi connectivity index (χ0v) is 13.0. The third-order valence-electron chi connectivity index (χ3n) is 2.70. The van der Waals surface area contributed by atoms with Gasteiger partial charge >= 0.3 is 9.53 Å². The lowest BCUT2D eigenvalue weighted by atomic mass is 10.2. The van der Waals surface area contributed by atoms with Crippen LogP contribution in [-0.4, -0.2) is 29.9 Å². The molecular formula is C13H30O3Si. The van der Waals surface area contributed by atoms with Crippen LogP contribution in [0.25, 0.3) is 0 Å². The summed E-state index contributed by atoms with van der Waals surface area (Å²) in [5.41, 5.74) is 0. The summed E-state index contributed by atoms with van der Waals surface area (Å²) in [6.45, 7) is 6.01. The van der Waals surface area contributed by atoms with Crippen molar-refractivity contribution in [2.45, 2.75) is 65.2 Å². The van der Waals surface area contributed by atoms with Crippen molar-refractivity contribution in [1.82, 2.24) is 0 Å². The van der Waals surface area contributed by atoms with Crippen molar-refractivity contribution in [3.05, 3.63) is 0 Å². The molecule has 0 fully saturated rings. The summed E-state index contributed by atoms with van der Waals surface area (Å²) in [5.74, 6) is 0. The number of hydrogen-bond donors (Lipinski definition) is 0. The van der Waals surface area contributed by atoms with Gasteiger partial charge < -0.3 is 13.3 Å². The van der Waals surface area contributed by atoms with E-state index in [1.54, 1.807) is 7.11 Å². The smallest absolute Gasteiger partial charge is 0.379 e. The summed E-state index contributed by atoms with van der Waals surface area (Å²) in [4.78, 5) is 0. The first-order chi connectivity index (χ1) is 8.35. The van der Waals surface area contributed by atoms with Gasteiger partial charge in [0, 0.05) is 20.3 Å². The number of hydrogen-bond acceptors (Lipinski definition) is 3. The molecule has 104 valence electrons. The first kappa shape index (κ1) is 17.1. The van der Waals surface area contributed by atoms with E-state index in [9.17, 15) is 0 Å². The lowest BCUT2D eigenvalue weighted by Gasteiger charge is -2.14. The molecule has 0 saturated heterocycles. The van der Waals surface area contributed by atoms with Gasteiger partial charge in [0.15, 0.2) is 0 Å². The van der Waals surface area contributed by atoms with E-state index in [4.69, 9.17) is 13.3 Å². The normalized spacial score (nSPS) is 11.3. The molecule has 0 N–H and O–H groups in total. The van der Waals surface area contributed by atoms with Gasteiger partial charge in [-0.25, -0.2) is 0 Å². The average Bonchev–Trinajstić information content (AvgIpc) is 2.36. The van der Waals surface area contributed by atoms with E-state index in [2.05, 4.69) is 13.8 Å². The largest absolute Gasteiger partial charge is 0.483 e. The minimum atomic E-state index is -1.82. The molecule has 0 spiro atoms. The van der Waals surface area contributed by atoms with Crippen molar-refractivity contribution in [2.75, 3.05) is 20.3 Å². The van der Waals surface area contributed by atoms with Crippen LogP contribution in [0.2, 0.25) is 0 Å². The molecular weight excluding hydrogens is 232 g/mol. The number of rotatable bonds is 13. The Morgan fingerprint density at radius 1 is 0.706 bits per heavy atom. The van der Waals surface area contributed by atoms with Gasteiger partial charge in [-0.3, -0.25) is 0 Å².